The molecule has 1 unspecified atom stereocenters. The molecule has 0 amide bonds. The molecule has 0 aromatic rings. The zero-order valence-corrected chi connectivity index (χ0v) is 10.1. The molecule has 0 fully saturated rings. The van der Waals surface area contributed by atoms with Gasteiger partial charge in [-0.15, -0.1) is 11.8 Å². The summed E-state index contributed by atoms with van der Waals surface area (Å²) in [6, 6.07) is 0. The van der Waals surface area contributed by atoms with Gasteiger partial charge in [0.1, 0.15) is 0 Å². The van der Waals surface area contributed by atoms with Crippen molar-refractivity contribution in [1.82, 2.24) is 0 Å². The van der Waals surface area contributed by atoms with Gasteiger partial charge in [-0.05, 0) is 38.7 Å². The molecule has 0 heterocycles. The van der Waals surface area contributed by atoms with Crippen LogP contribution in [0.1, 0.15) is 27.2 Å². The number of thioether (sulfide) groups is 1. The molecule has 0 rings (SSSR count). The Hall–Kier alpha value is -0.210. The molecular formula is C11H20OS. The second-order valence-corrected chi connectivity index (χ2v) is 3.94. The zero-order valence-electron chi connectivity index (χ0n) is 9.26. The summed E-state index contributed by atoms with van der Waals surface area (Å²) in [5, 5.41) is 0. The Labute approximate surface area is 86.2 Å². The van der Waals surface area contributed by atoms with Gasteiger partial charge in [-0.2, -0.15) is 0 Å². The lowest BCUT2D eigenvalue weighted by molar-refractivity contribution is 0.156. The fourth-order valence-electron chi connectivity index (χ4n) is 0.819. The van der Waals surface area contributed by atoms with Crippen molar-refractivity contribution in [2.75, 3.05) is 13.4 Å². The van der Waals surface area contributed by atoms with E-state index in [1.165, 1.54) is 10.5 Å². The van der Waals surface area contributed by atoms with Gasteiger partial charge in [-0.1, -0.05) is 12.5 Å². The van der Waals surface area contributed by atoms with Crippen LogP contribution in [0.5, 0.6) is 0 Å². The van der Waals surface area contributed by atoms with Crippen molar-refractivity contribution >= 4 is 11.8 Å². The van der Waals surface area contributed by atoms with Crippen LogP contribution in [0.2, 0.25) is 0 Å². The Balaban J connectivity index is 4.41. The van der Waals surface area contributed by atoms with Crippen molar-refractivity contribution in [2.45, 2.75) is 33.3 Å². The number of hydrogen-bond donors (Lipinski definition) is 0. The van der Waals surface area contributed by atoms with E-state index in [-0.39, 0.29) is 6.10 Å². The highest BCUT2D eigenvalue weighted by Gasteiger charge is 1.97. The van der Waals surface area contributed by atoms with Gasteiger partial charge in [0.25, 0.3) is 0 Å². The van der Waals surface area contributed by atoms with E-state index < -0.39 is 0 Å². The third-order valence-corrected chi connectivity index (χ3v) is 2.68. The first kappa shape index (κ1) is 12.8. The minimum absolute atomic E-state index is 0.198. The molecule has 0 aliphatic carbocycles. The molecule has 0 bridgehead atoms. The van der Waals surface area contributed by atoms with Crippen molar-refractivity contribution in [3.05, 3.63) is 22.6 Å². The molecule has 2 heteroatoms. The molecule has 13 heavy (non-hydrogen) atoms. The van der Waals surface area contributed by atoms with Gasteiger partial charge in [0.15, 0.2) is 0 Å². The Morgan fingerprint density at radius 1 is 1.54 bits per heavy atom. The number of rotatable bonds is 5. The summed E-state index contributed by atoms with van der Waals surface area (Å²) in [6.07, 6.45) is 7.76. The molecule has 0 N–H and O–H groups in total. The lowest BCUT2D eigenvalue weighted by atomic mass is 10.2. The molecule has 0 aromatic carbocycles. The zero-order chi connectivity index (χ0) is 10.3. The van der Waals surface area contributed by atoms with E-state index in [2.05, 4.69) is 32.3 Å². The first-order chi connectivity index (χ1) is 6.13. The maximum Gasteiger partial charge on any atom is 0.0737 e. The highest BCUT2D eigenvalue weighted by Crippen LogP contribution is 2.17. The van der Waals surface area contributed by atoms with Crippen LogP contribution in [0.15, 0.2) is 22.6 Å². The summed E-state index contributed by atoms with van der Waals surface area (Å²) in [5.41, 5.74) is 1.41. The van der Waals surface area contributed by atoms with Crippen molar-refractivity contribution in [1.29, 1.82) is 0 Å². The highest BCUT2D eigenvalue weighted by atomic mass is 32.2. The summed E-state index contributed by atoms with van der Waals surface area (Å²) < 4.78 is 5.18. The van der Waals surface area contributed by atoms with E-state index in [4.69, 9.17) is 4.74 Å². The molecule has 0 aromatic heterocycles. The second-order valence-electron chi connectivity index (χ2n) is 3.06. The quantitative estimate of drug-likeness (QED) is 0.627. The van der Waals surface area contributed by atoms with E-state index >= 15 is 0 Å². The van der Waals surface area contributed by atoms with Crippen molar-refractivity contribution < 1.29 is 4.74 Å². The van der Waals surface area contributed by atoms with Crippen LogP contribution < -0.4 is 0 Å². The molecular weight excluding hydrogens is 180 g/mol. The number of ether oxygens (including phenoxy) is 1. The van der Waals surface area contributed by atoms with Crippen LogP contribution >= 0.6 is 11.8 Å². The lowest BCUT2D eigenvalue weighted by Gasteiger charge is -2.05. The Morgan fingerprint density at radius 3 is 2.54 bits per heavy atom. The molecule has 0 saturated carbocycles. The SMILES string of the molecule is CC/C(C)=C\C(=C/C(C)OC)SC. The van der Waals surface area contributed by atoms with Crippen LogP contribution in [0, 0.1) is 0 Å². The lowest BCUT2D eigenvalue weighted by Crippen LogP contribution is -1.99. The second kappa shape index (κ2) is 7.22. The Kier molecular flexibility index (Phi) is 7.10. The van der Waals surface area contributed by atoms with E-state index in [1.807, 2.05) is 6.92 Å². The largest absolute Gasteiger partial charge is 0.378 e. The predicted molar refractivity (Wildman–Crippen MR) is 62.1 cm³/mol. The Morgan fingerprint density at radius 2 is 2.15 bits per heavy atom. The van der Waals surface area contributed by atoms with Gasteiger partial charge in [-0.3, -0.25) is 0 Å². The minimum atomic E-state index is 0.198. The first-order valence-electron chi connectivity index (χ1n) is 4.59. The van der Waals surface area contributed by atoms with Crippen LogP contribution in [0.4, 0.5) is 0 Å². The average Bonchev–Trinajstić information content (AvgIpc) is 2.16. The summed E-state index contributed by atoms with van der Waals surface area (Å²) in [7, 11) is 1.73. The number of hydrogen-bond acceptors (Lipinski definition) is 2. The van der Waals surface area contributed by atoms with Crippen LogP contribution in [0.3, 0.4) is 0 Å². The van der Waals surface area contributed by atoms with Gasteiger partial charge in [0, 0.05) is 12.0 Å². The van der Waals surface area contributed by atoms with E-state index in [0.717, 1.165) is 6.42 Å². The topological polar surface area (TPSA) is 9.23 Å². The van der Waals surface area contributed by atoms with Crippen LogP contribution in [0.25, 0.3) is 0 Å². The van der Waals surface area contributed by atoms with E-state index in [9.17, 15) is 0 Å². The van der Waals surface area contributed by atoms with Gasteiger partial charge in [-0.25, -0.2) is 0 Å². The minimum Gasteiger partial charge on any atom is -0.378 e. The highest BCUT2D eigenvalue weighted by molar-refractivity contribution is 8.02. The first-order valence-corrected chi connectivity index (χ1v) is 5.82. The molecule has 0 aliphatic heterocycles. The normalized spacial score (nSPS) is 16.1. The fourth-order valence-corrected chi connectivity index (χ4v) is 1.47. The molecule has 0 aliphatic rings. The summed E-state index contributed by atoms with van der Waals surface area (Å²) in [4.78, 5) is 1.29. The molecule has 1 nitrogen and oxygen atoms in total. The molecule has 1 atom stereocenters. The Bertz CT molecular complexity index is 194. The third-order valence-electron chi connectivity index (χ3n) is 1.95. The van der Waals surface area contributed by atoms with Gasteiger partial charge in [0.2, 0.25) is 0 Å². The molecule has 76 valence electrons. The predicted octanol–water partition coefficient (Wildman–Crippen LogP) is 3.62. The van der Waals surface area contributed by atoms with Gasteiger partial charge >= 0.3 is 0 Å². The summed E-state index contributed by atoms with van der Waals surface area (Å²) in [5.74, 6) is 0. The smallest absolute Gasteiger partial charge is 0.0737 e. The fraction of sp³-hybridized carbons (Fsp3) is 0.636. The van der Waals surface area contributed by atoms with Crippen molar-refractivity contribution in [3.63, 3.8) is 0 Å². The maximum absolute atomic E-state index is 5.18. The van der Waals surface area contributed by atoms with Gasteiger partial charge < -0.3 is 4.74 Å². The molecule has 0 spiro atoms. The number of allylic oxidation sites excluding steroid dienone is 2. The summed E-state index contributed by atoms with van der Waals surface area (Å²) >= 11 is 1.76. The van der Waals surface area contributed by atoms with Crippen molar-refractivity contribution in [2.24, 2.45) is 0 Å². The number of methoxy groups -OCH3 is 1. The van der Waals surface area contributed by atoms with Crippen molar-refractivity contribution in [3.8, 4) is 0 Å². The monoisotopic (exact) mass is 200 g/mol. The van der Waals surface area contributed by atoms with E-state index in [0.29, 0.717) is 0 Å². The standard InChI is InChI=1S/C11H20OS/c1-6-9(2)7-11(13-5)8-10(3)12-4/h7-8,10H,6H2,1-5H3/b9-7-,11-8+. The van der Waals surface area contributed by atoms with Crippen LogP contribution in [-0.4, -0.2) is 19.5 Å². The van der Waals surface area contributed by atoms with E-state index in [1.54, 1.807) is 18.9 Å². The summed E-state index contributed by atoms with van der Waals surface area (Å²) in [6.45, 7) is 6.37. The maximum atomic E-state index is 5.18. The molecule has 0 radical (unpaired) electrons. The average molecular weight is 200 g/mol. The van der Waals surface area contributed by atoms with Crippen LogP contribution in [-0.2, 0) is 4.74 Å². The molecule has 0 saturated heterocycles. The third kappa shape index (κ3) is 5.94. The van der Waals surface area contributed by atoms with Gasteiger partial charge in [0.05, 0.1) is 6.10 Å².